The minimum absolute atomic E-state index is 0.210. The van der Waals surface area contributed by atoms with Gasteiger partial charge in [0.1, 0.15) is 0 Å². The van der Waals surface area contributed by atoms with E-state index in [2.05, 4.69) is 10.3 Å². The van der Waals surface area contributed by atoms with Crippen molar-refractivity contribution in [3.05, 3.63) is 47.8 Å². The summed E-state index contributed by atoms with van der Waals surface area (Å²) in [4.78, 5) is 18.3. The number of pyridine rings is 1. The van der Waals surface area contributed by atoms with Crippen LogP contribution in [0.4, 0.5) is 17.1 Å². The molecule has 2 aromatic rings. The Kier molecular flexibility index (Phi) is 3.89. The number of nitrogens with zero attached hydrogens (tertiary/aromatic N) is 2. The van der Waals surface area contributed by atoms with Gasteiger partial charge in [-0.1, -0.05) is 6.07 Å². The third-order valence-electron chi connectivity index (χ3n) is 2.97. The van der Waals surface area contributed by atoms with Crippen LogP contribution in [-0.2, 0) is 0 Å². The highest BCUT2D eigenvalue weighted by molar-refractivity contribution is 6.05. The lowest BCUT2D eigenvalue weighted by Crippen LogP contribution is -2.15. The molecule has 0 bridgehead atoms. The van der Waals surface area contributed by atoms with Gasteiger partial charge in [0.25, 0.3) is 5.91 Å². The number of nitrogens with one attached hydrogen (secondary N) is 1. The zero-order valence-electron chi connectivity index (χ0n) is 11.8. The van der Waals surface area contributed by atoms with Crippen LogP contribution in [0.1, 0.15) is 16.1 Å². The Balaban J connectivity index is 2.23. The monoisotopic (exact) mass is 270 g/mol. The number of carbonyl (C=O) groups is 1. The molecule has 0 aliphatic carbocycles. The van der Waals surface area contributed by atoms with Crippen LogP contribution in [0, 0.1) is 6.92 Å². The minimum atomic E-state index is -0.210. The Morgan fingerprint density at radius 1 is 1.30 bits per heavy atom. The molecule has 3 N–H and O–H groups in total. The summed E-state index contributed by atoms with van der Waals surface area (Å²) in [5, 5.41) is 2.86. The summed E-state index contributed by atoms with van der Waals surface area (Å²) in [6.07, 6.45) is 1.54. The van der Waals surface area contributed by atoms with Crippen LogP contribution in [0.15, 0.2) is 36.5 Å². The van der Waals surface area contributed by atoms with Crippen LogP contribution >= 0.6 is 0 Å². The van der Waals surface area contributed by atoms with Crippen LogP contribution in [-0.4, -0.2) is 25.0 Å². The van der Waals surface area contributed by atoms with Crippen LogP contribution in [0.3, 0.4) is 0 Å². The summed E-state index contributed by atoms with van der Waals surface area (Å²) < 4.78 is 0. The van der Waals surface area contributed by atoms with E-state index in [-0.39, 0.29) is 5.91 Å². The summed E-state index contributed by atoms with van der Waals surface area (Å²) in [5.41, 5.74) is 9.05. The number of anilines is 3. The molecule has 0 unspecified atom stereocenters. The molecule has 0 aliphatic heterocycles. The third-order valence-corrected chi connectivity index (χ3v) is 2.97. The van der Waals surface area contributed by atoms with E-state index < -0.39 is 0 Å². The number of nitrogens with two attached hydrogens (primary N) is 1. The molecule has 0 spiro atoms. The standard InChI is InChI=1S/C15H18N4O/c1-10-14(7-11(16)9-17-10)15(20)18-12-5-4-6-13(8-12)19(2)3/h4-9H,16H2,1-3H3,(H,18,20). The number of hydrogen-bond donors (Lipinski definition) is 2. The van der Waals surface area contributed by atoms with Gasteiger partial charge in [0.2, 0.25) is 0 Å². The number of amides is 1. The second kappa shape index (κ2) is 5.61. The predicted octanol–water partition coefficient (Wildman–Crippen LogP) is 2.29. The van der Waals surface area contributed by atoms with E-state index in [1.807, 2.05) is 43.3 Å². The predicted molar refractivity (Wildman–Crippen MR) is 82.1 cm³/mol. The van der Waals surface area contributed by atoms with E-state index in [4.69, 9.17) is 5.73 Å². The van der Waals surface area contributed by atoms with Crippen LogP contribution in [0.5, 0.6) is 0 Å². The van der Waals surface area contributed by atoms with Gasteiger partial charge in [-0.2, -0.15) is 0 Å². The topological polar surface area (TPSA) is 71.2 Å². The van der Waals surface area contributed by atoms with E-state index in [0.717, 1.165) is 11.4 Å². The number of carbonyl (C=O) groups excluding carboxylic acids is 1. The average Bonchev–Trinajstić information content (AvgIpc) is 2.41. The molecule has 0 saturated heterocycles. The molecule has 1 aromatic carbocycles. The number of rotatable bonds is 3. The number of aromatic nitrogens is 1. The van der Waals surface area contributed by atoms with E-state index >= 15 is 0 Å². The quantitative estimate of drug-likeness (QED) is 0.897. The van der Waals surface area contributed by atoms with Gasteiger partial charge >= 0.3 is 0 Å². The molecular weight excluding hydrogens is 252 g/mol. The van der Waals surface area contributed by atoms with Gasteiger partial charge < -0.3 is 16.0 Å². The van der Waals surface area contributed by atoms with Gasteiger partial charge in [-0.25, -0.2) is 0 Å². The van der Waals surface area contributed by atoms with Gasteiger partial charge in [-0.05, 0) is 31.2 Å². The second-order valence-electron chi connectivity index (χ2n) is 4.80. The van der Waals surface area contributed by atoms with Gasteiger partial charge in [0.15, 0.2) is 0 Å². The van der Waals surface area contributed by atoms with Crippen molar-refractivity contribution >= 4 is 23.0 Å². The molecule has 0 fully saturated rings. The highest BCUT2D eigenvalue weighted by Gasteiger charge is 2.11. The highest BCUT2D eigenvalue weighted by Crippen LogP contribution is 2.19. The SMILES string of the molecule is Cc1ncc(N)cc1C(=O)Nc1cccc(N(C)C)c1. The molecular formula is C15H18N4O. The van der Waals surface area contributed by atoms with Crippen molar-refractivity contribution in [2.45, 2.75) is 6.92 Å². The fraction of sp³-hybridized carbons (Fsp3) is 0.200. The molecule has 104 valence electrons. The zero-order valence-corrected chi connectivity index (χ0v) is 11.8. The zero-order chi connectivity index (χ0) is 14.7. The molecule has 0 atom stereocenters. The van der Waals surface area contributed by atoms with E-state index in [0.29, 0.717) is 16.9 Å². The Bertz CT molecular complexity index is 638. The van der Waals surface area contributed by atoms with Crippen molar-refractivity contribution in [1.82, 2.24) is 4.98 Å². The molecule has 0 saturated carbocycles. The van der Waals surface area contributed by atoms with Gasteiger partial charge in [0, 0.05) is 25.5 Å². The van der Waals surface area contributed by atoms with Crippen molar-refractivity contribution < 1.29 is 4.79 Å². The lowest BCUT2D eigenvalue weighted by molar-refractivity contribution is 0.102. The summed E-state index contributed by atoms with van der Waals surface area (Å²) in [7, 11) is 3.90. The molecule has 1 aromatic heterocycles. The van der Waals surface area contributed by atoms with Gasteiger partial charge in [0.05, 0.1) is 23.1 Å². The van der Waals surface area contributed by atoms with Crippen LogP contribution in [0.2, 0.25) is 0 Å². The van der Waals surface area contributed by atoms with Crippen molar-refractivity contribution in [2.24, 2.45) is 0 Å². The van der Waals surface area contributed by atoms with Crippen LogP contribution in [0.25, 0.3) is 0 Å². The first-order valence-corrected chi connectivity index (χ1v) is 6.28. The van der Waals surface area contributed by atoms with Gasteiger partial charge in [-0.3, -0.25) is 9.78 Å². The molecule has 1 amide bonds. The average molecular weight is 270 g/mol. The Hall–Kier alpha value is -2.56. The number of hydrogen-bond acceptors (Lipinski definition) is 4. The smallest absolute Gasteiger partial charge is 0.257 e. The molecule has 5 heteroatoms. The van der Waals surface area contributed by atoms with Crippen molar-refractivity contribution in [1.29, 1.82) is 0 Å². The first kappa shape index (κ1) is 13.9. The molecule has 0 radical (unpaired) electrons. The fourth-order valence-electron chi connectivity index (χ4n) is 1.84. The molecule has 0 aliphatic rings. The second-order valence-corrected chi connectivity index (χ2v) is 4.80. The maximum Gasteiger partial charge on any atom is 0.257 e. The van der Waals surface area contributed by atoms with Crippen LogP contribution < -0.4 is 16.0 Å². The van der Waals surface area contributed by atoms with Crippen molar-refractivity contribution in [2.75, 3.05) is 30.0 Å². The highest BCUT2D eigenvalue weighted by atomic mass is 16.1. The normalized spacial score (nSPS) is 10.2. The maximum absolute atomic E-state index is 12.2. The lowest BCUT2D eigenvalue weighted by Gasteiger charge is -2.14. The summed E-state index contributed by atoms with van der Waals surface area (Å²) in [6, 6.07) is 9.26. The van der Waals surface area contributed by atoms with E-state index in [9.17, 15) is 4.79 Å². The maximum atomic E-state index is 12.2. The molecule has 20 heavy (non-hydrogen) atoms. The summed E-state index contributed by atoms with van der Waals surface area (Å²) in [6.45, 7) is 1.78. The summed E-state index contributed by atoms with van der Waals surface area (Å²) >= 11 is 0. The third kappa shape index (κ3) is 3.06. The molecule has 5 nitrogen and oxygen atoms in total. The fourth-order valence-corrected chi connectivity index (χ4v) is 1.84. The Morgan fingerprint density at radius 3 is 2.75 bits per heavy atom. The summed E-state index contributed by atoms with van der Waals surface area (Å²) in [5.74, 6) is -0.210. The van der Waals surface area contributed by atoms with Crippen molar-refractivity contribution in [3.63, 3.8) is 0 Å². The first-order valence-electron chi connectivity index (χ1n) is 6.28. The molecule has 1 heterocycles. The Labute approximate surface area is 118 Å². The Morgan fingerprint density at radius 2 is 2.05 bits per heavy atom. The molecule has 2 rings (SSSR count). The minimum Gasteiger partial charge on any atom is -0.397 e. The van der Waals surface area contributed by atoms with E-state index in [1.165, 1.54) is 0 Å². The van der Waals surface area contributed by atoms with Gasteiger partial charge in [-0.15, -0.1) is 0 Å². The number of aryl methyl sites for hydroxylation is 1. The number of benzene rings is 1. The lowest BCUT2D eigenvalue weighted by atomic mass is 10.1. The first-order chi connectivity index (χ1) is 9.47. The van der Waals surface area contributed by atoms with E-state index in [1.54, 1.807) is 19.2 Å². The number of nitrogen functional groups attached to an aromatic ring is 1. The largest absolute Gasteiger partial charge is 0.397 e. The van der Waals surface area contributed by atoms with Crippen molar-refractivity contribution in [3.8, 4) is 0 Å².